The van der Waals surface area contributed by atoms with Gasteiger partial charge in [-0.15, -0.1) is 22.6 Å². The fourth-order valence-corrected chi connectivity index (χ4v) is 5.15. The molecule has 12 heteroatoms. The Hall–Kier alpha value is -2.53. The van der Waals surface area contributed by atoms with Gasteiger partial charge in [0, 0.05) is 10.4 Å². The number of carbonyl (C=O) groups is 1. The summed E-state index contributed by atoms with van der Waals surface area (Å²) in [6, 6.07) is 7.53. The zero-order chi connectivity index (χ0) is 24.1. The van der Waals surface area contributed by atoms with Gasteiger partial charge in [0.2, 0.25) is 11.8 Å². The number of hydrogen-bond donors (Lipinski definition) is 1. The summed E-state index contributed by atoms with van der Waals surface area (Å²) in [7, 11) is -4.05. The molecule has 34 heavy (non-hydrogen) atoms. The number of carbonyl (C=O) groups excluding carboxylic acids is 1. The van der Waals surface area contributed by atoms with Gasteiger partial charge in [0.1, 0.15) is 5.82 Å². The Balaban J connectivity index is 0.00000324. The molecule has 1 atom stereocenters. The van der Waals surface area contributed by atoms with Crippen LogP contribution < -0.4 is 10.6 Å². The lowest BCUT2D eigenvalue weighted by Gasteiger charge is -2.24. The molecule has 3 aromatic rings. The molecule has 0 radical (unpaired) electrons. The molecular weight excluding hydrogens is 506 g/mol. The van der Waals surface area contributed by atoms with Crippen LogP contribution in [0.25, 0.3) is 11.5 Å². The highest BCUT2D eigenvalue weighted by molar-refractivity contribution is 7.91. The Kier molecular flexibility index (Phi) is 7.10. The molecule has 0 aliphatic carbocycles. The predicted octanol–water partition coefficient (Wildman–Crippen LogP) is 3.90. The molecule has 182 valence electrons. The maximum atomic E-state index is 15.1. The molecule has 1 aromatic heterocycles. The van der Waals surface area contributed by atoms with E-state index >= 15 is 4.39 Å². The van der Waals surface area contributed by atoms with Crippen LogP contribution in [0, 0.1) is 5.82 Å². The second-order valence-electron chi connectivity index (χ2n) is 8.90. The van der Waals surface area contributed by atoms with Crippen LogP contribution >= 0.6 is 24.0 Å². The second kappa shape index (κ2) is 9.26. The minimum absolute atomic E-state index is 0. The monoisotopic (exact) mass is 528 g/mol. The normalized spacial score (nSPS) is 17.6. The first kappa shape index (κ1) is 26.1. The van der Waals surface area contributed by atoms with E-state index in [2.05, 4.69) is 10.2 Å². The summed E-state index contributed by atoms with van der Waals surface area (Å²) in [6.07, 6.45) is 0. The lowest BCUT2D eigenvalue weighted by molar-refractivity contribution is -0.119. The number of halogens is 3. The lowest BCUT2D eigenvalue weighted by Crippen LogP contribution is -2.45. The number of hydrogen-bond acceptors (Lipinski definition) is 7. The fourth-order valence-electron chi connectivity index (χ4n) is 3.45. The summed E-state index contributed by atoms with van der Waals surface area (Å²) < 4.78 is 46.6. The summed E-state index contributed by atoms with van der Waals surface area (Å²) in [5.74, 6) is -1.94. The number of benzene rings is 2. The van der Waals surface area contributed by atoms with Crippen molar-refractivity contribution in [3.63, 3.8) is 0 Å². The molecular formula is C22H23Cl2FN4O4S. The molecule has 2 N–H and O–H groups in total. The fraction of sp³-hybridized carbons (Fsp3) is 0.318. The highest BCUT2D eigenvalue weighted by Gasteiger charge is 2.37. The highest BCUT2D eigenvalue weighted by Crippen LogP contribution is 2.37. The molecule has 4 rings (SSSR count). The van der Waals surface area contributed by atoms with E-state index in [0.29, 0.717) is 10.6 Å². The van der Waals surface area contributed by atoms with E-state index in [9.17, 15) is 13.2 Å². The van der Waals surface area contributed by atoms with Gasteiger partial charge in [-0.05, 0) is 29.8 Å². The summed E-state index contributed by atoms with van der Waals surface area (Å²) in [4.78, 5) is 14.0. The van der Waals surface area contributed by atoms with Gasteiger partial charge in [-0.3, -0.25) is 4.79 Å². The molecule has 1 aliphatic heterocycles. The Morgan fingerprint density at radius 3 is 2.44 bits per heavy atom. The van der Waals surface area contributed by atoms with Crippen LogP contribution in [-0.2, 0) is 26.6 Å². The van der Waals surface area contributed by atoms with Crippen molar-refractivity contribution in [3.05, 3.63) is 58.7 Å². The predicted molar refractivity (Wildman–Crippen MR) is 128 cm³/mol. The summed E-state index contributed by atoms with van der Waals surface area (Å²) in [6.45, 7) is 5.59. The minimum atomic E-state index is -4.05. The average Bonchev–Trinajstić information content (AvgIpc) is 3.21. The van der Waals surface area contributed by atoms with Crippen molar-refractivity contribution in [2.75, 3.05) is 10.7 Å². The van der Waals surface area contributed by atoms with Crippen LogP contribution in [0.1, 0.15) is 32.2 Å². The first-order valence-electron chi connectivity index (χ1n) is 10.1. The number of anilines is 1. The molecule has 0 fully saturated rings. The molecule has 0 saturated heterocycles. The van der Waals surface area contributed by atoms with Crippen molar-refractivity contribution in [2.45, 2.75) is 43.7 Å². The number of fused-ring (bicyclic) bond motifs is 1. The molecule has 0 spiro atoms. The van der Waals surface area contributed by atoms with Crippen molar-refractivity contribution in [1.29, 1.82) is 0 Å². The Morgan fingerprint density at radius 2 is 1.85 bits per heavy atom. The number of aromatic nitrogens is 2. The van der Waals surface area contributed by atoms with Gasteiger partial charge in [0.25, 0.3) is 5.89 Å². The quantitative estimate of drug-likeness (QED) is 0.547. The zero-order valence-corrected chi connectivity index (χ0v) is 21.0. The number of sulfone groups is 1. The number of amides is 1. The van der Waals surface area contributed by atoms with E-state index in [1.165, 1.54) is 11.0 Å². The molecule has 2 aromatic carbocycles. The van der Waals surface area contributed by atoms with Gasteiger partial charge in [0.05, 0.1) is 34.5 Å². The van der Waals surface area contributed by atoms with Gasteiger partial charge in [-0.1, -0.05) is 44.5 Å². The third kappa shape index (κ3) is 4.95. The molecule has 0 saturated carbocycles. The van der Waals surface area contributed by atoms with Crippen LogP contribution in [0.15, 0.2) is 45.7 Å². The molecule has 1 aliphatic rings. The second-order valence-corrected chi connectivity index (χ2v) is 11.3. The highest BCUT2D eigenvalue weighted by atomic mass is 35.5. The Bertz CT molecular complexity index is 1340. The first-order chi connectivity index (χ1) is 15.4. The van der Waals surface area contributed by atoms with Gasteiger partial charge in [-0.25, -0.2) is 12.8 Å². The third-order valence-corrected chi connectivity index (χ3v) is 7.25. The molecule has 1 amide bonds. The lowest BCUT2D eigenvalue weighted by atomic mass is 9.97. The van der Waals surface area contributed by atoms with Crippen molar-refractivity contribution >= 4 is 45.4 Å². The van der Waals surface area contributed by atoms with E-state index < -0.39 is 38.8 Å². The SMILES string of the molecule is CC(C)(C)c1nnc(-c2cc3c(cc2F)S(=O)(=O)C[C@H](N)C(=O)N3Cc2ccc(Cl)cc2)o1.Cl. The summed E-state index contributed by atoms with van der Waals surface area (Å²) in [5.41, 5.74) is 6.01. The van der Waals surface area contributed by atoms with Crippen LogP contribution in [0.5, 0.6) is 0 Å². The molecule has 0 unspecified atom stereocenters. The number of rotatable bonds is 3. The molecule has 0 bridgehead atoms. The van der Waals surface area contributed by atoms with Crippen LogP contribution in [0.3, 0.4) is 0 Å². The van der Waals surface area contributed by atoms with Crippen LogP contribution in [0.4, 0.5) is 10.1 Å². The summed E-state index contributed by atoms with van der Waals surface area (Å²) in [5, 5.41) is 8.41. The van der Waals surface area contributed by atoms with Crippen LogP contribution in [-0.4, -0.2) is 36.3 Å². The summed E-state index contributed by atoms with van der Waals surface area (Å²) >= 11 is 5.95. The number of nitrogens with zero attached hydrogens (tertiary/aromatic N) is 3. The topological polar surface area (TPSA) is 119 Å². The Labute approximate surface area is 207 Å². The zero-order valence-electron chi connectivity index (χ0n) is 18.6. The first-order valence-corrected chi connectivity index (χ1v) is 12.1. The smallest absolute Gasteiger partial charge is 0.250 e. The maximum Gasteiger partial charge on any atom is 0.250 e. The van der Waals surface area contributed by atoms with E-state index in [4.69, 9.17) is 21.8 Å². The van der Waals surface area contributed by atoms with Crippen molar-refractivity contribution in [2.24, 2.45) is 5.73 Å². The van der Waals surface area contributed by atoms with Crippen molar-refractivity contribution < 1.29 is 22.0 Å². The largest absolute Gasteiger partial charge is 0.420 e. The Morgan fingerprint density at radius 1 is 1.21 bits per heavy atom. The van der Waals surface area contributed by atoms with Crippen molar-refractivity contribution in [1.82, 2.24) is 10.2 Å². The van der Waals surface area contributed by atoms with Gasteiger partial charge < -0.3 is 15.1 Å². The molecule has 2 heterocycles. The van der Waals surface area contributed by atoms with E-state index in [0.717, 1.165) is 6.07 Å². The maximum absolute atomic E-state index is 15.1. The van der Waals surface area contributed by atoms with Gasteiger partial charge in [-0.2, -0.15) is 0 Å². The number of nitrogens with two attached hydrogens (primary N) is 1. The van der Waals surface area contributed by atoms with Gasteiger partial charge >= 0.3 is 0 Å². The van der Waals surface area contributed by atoms with Crippen LogP contribution in [0.2, 0.25) is 5.02 Å². The van der Waals surface area contributed by atoms with E-state index in [-0.39, 0.29) is 46.9 Å². The third-order valence-electron chi connectivity index (χ3n) is 5.21. The van der Waals surface area contributed by atoms with E-state index in [1.807, 2.05) is 20.8 Å². The van der Waals surface area contributed by atoms with E-state index in [1.54, 1.807) is 24.3 Å². The average molecular weight is 529 g/mol. The van der Waals surface area contributed by atoms with Gasteiger partial charge in [0.15, 0.2) is 9.84 Å². The molecule has 8 nitrogen and oxygen atoms in total. The minimum Gasteiger partial charge on any atom is -0.420 e. The van der Waals surface area contributed by atoms with Crippen molar-refractivity contribution in [3.8, 4) is 11.5 Å². The standard InChI is InChI=1S/C22H22ClFN4O4S.ClH/c1-22(2,3)21-27-26-19(32-21)14-8-17-18(9-15(14)24)33(30,31)11-16(25)20(29)28(17)10-12-4-6-13(23)7-5-12;/h4-9,16H,10-11,25H2,1-3H3;1H/t16-;/m0./s1.